The van der Waals surface area contributed by atoms with E-state index in [2.05, 4.69) is 0 Å². The fourth-order valence-corrected chi connectivity index (χ4v) is 2.00. The molecule has 0 aromatic rings. The first-order chi connectivity index (χ1) is 6.24. The van der Waals surface area contributed by atoms with E-state index in [1.54, 1.807) is 0 Å². The summed E-state index contributed by atoms with van der Waals surface area (Å²) in [6, 6.07) is 0.697. The normalized spacial score (nSPS) is 32.8. The van der Waals surface area contributed by atoms with E-state index in [0.717, 1.165) is 25.2 Å². The van der Waals surface area contributed by atoms with Crippen LogP contribution in [0.3, 0.4) is 0 Å². The lowest BCUT2D eigenvalue weighted by atomic mass is 9.90. The van der Waals surface area contributed by atoms with Gasteiger partial charge in [0.05, 0.1) is 25.3 Å². The first-order valence-corrected chi connectivity index (χ1v) is 4.77. The van der Waals surface area contributed by atoms with Crippen molar-refractivity contribution in [3.63, 3.8) is 0 Å². The van der Waals surface area contributed by atoms with Crippen LogP contribution in [0.2, 0.25) is 0 Å². The van der Waals surface area contributed by atoms with Gasteiger partial charge in [-0.25, -0.2) is 0 Å². The highest BCUT2D eigenvalue weighted by Gasteiger charge is 2.45. The summed E-state index contributed by atoms with van der Waals surface area (Å²) in [6.45, 7) is 5.22. The Morgan fingerprint density at radius 2 is 2.08 bits per heavy atom. The van der Waals surface area contributed by atoms with Gasteiger partial charge in [0.25, 0.3) is 0 Å². The summed E-state index contributed by atoms with van der Waals surface area (Å²) in [5, 5.41) is 0. The second-order valence-corrected chi connectivity index (χ2v) is 3.76. The zero-order valence-electron chi connectivity index (χ0n) is 8.12. The van der Waals surface area contributed by atoms with Crippen LogP contribution < -0.4 is 0 Å². The van der Waals surface area contributed by atoms with E-state index in [4.69, 9.17) is 4.74 Å². The van der Waals surface area contributed by atoms with E-state index in [1.807, 2.05) is 24.8 Å². The molecule has 72 valence electrons. The van der Waals surface area contributed by atoms with Crippen LogP contribution in [0, 0.1) is 0 Å². The van der Waals surface area contributed by atoms with Gasteiger partial charge in [0.2, 0.25) is 5.91 Å². The molecule has 0 N–H and O–H groups in total. The van der Waals surface area contributed by atoms with Gasteiger partial charge in [-0.05, 0) is 20.3 Å². The number of fused-ring (bicyclic) bond motifs is 2. The van der Waals surface area contributed by atoms with Crippen molar-refractivity contribution in [1.29, 1.82) is 0 Å². The van der Waals surface area contributed by atoms with Crippen LogP contribution in [0.25, 0.3) is 0 Å². The fourth-order valence-electron chi connectivity index (χ4n) is 2.00. The number of hydrogen-bond donors (Lipinski definition) is 0. The molecule has 0 radical (unpaired) electrons. The van der Waals surface area contributed by atoms with Crippen molar-refractivity contribution in [2.75, 3.05) is 13.2 Å². The molecular formula is C10H15NO2. The third-order valence-corrected chi connectivity index (χ3v) is 2.96. The smallest absolute Gasteiger partial charge is 0.249 e. The molecule has 3 fully saturated rings. The molecular weight excluding hydrogens is 166 g/mol. The Hall–Kier alpha value is -0.830. The number of ether oxygens (including phenoxy) is 1. The molecule has 0 aromatic carbocycles. The lowest BCUT2D eigenvalue weighted by Gasteiger charge is -2.52. The Morgan fingerprint density at radius 1 is 1.46 bits per heavy atom. The Labute approximate surface area is 78.4 Å². The van der Waals surface area contributed by atoms with Gasteiger partial charge < -0.3 is 9.64 Å². The number of carbonyl (C=O) groups is 1. The zero-order valence-corrected chi connectivity index (χ0v) is 8.12. The van der Waals surface area contributed by atoms with Crippen molar-refractivity contribution in [3.8, 4) is 0 Å². The topological polar surface area (TPSA) is 29.5 Å². The highest BCUT2D eigenvalue weighted by Crippen LogP contribution is 2.31. The third-order valence-electron chi connectivity index (χ3n) is 2.96. The van der Waals surface area contributed by atoms with Crippen LogP contribution >= 0.6 is 0 Å². The molecule has 3 saturated heterocycles. The van der Waals surface area contributed by atoms with Crippen molar-refractivity contribution in [3.05, 3.63) is 11.6 Å². The molecule has 0 saturated carbocycles. The molecule has 3 nitrogen and oxygen atoms in total. The molecule has 0 spiro atoms. The van der Waals surface area contributed by atoms with Crippen LogP contribution in [-0.4, -0.2) is 36.1 Å². The number of carbonyl (C=O) groups excluding carboxylic acids is 1. The predicted octanol–water partition coefficient (Wildman–Crippen LogP) is 0.952. The maximum Gasteiger partial charge on any atom is 0.249 e. The Balaban J connectivity index is 2.06. The standard InChI is InChI=1S/C10H15NO2/c1-3-7(2)10(12)11-8-4-9(11)6-13-5-8/h3,8-9H,4-6H2,1-2H3. The number of rotatable bonds is 1. The Kier molecular flexibility index (Phi) is 2.12. The Bertz CT molecular complexity index is 246. The van der Waals surface area contributed by atoms with E-state index in [0.29, 0.717) is 12.1 Å². The highest BCUT2D eigenvalue weighted by molar-refractivity contribution is 5.93. The van der Waals surface area contributed by atoms with Crippen LogP contribution in [0.5, 0.6) is 0 Å². The summed E-state index contributed by atoms with van der Waals surface area (Å²) < 4.78 is 5.31. The quantitative estimate of drug-likeness (QED) is 0.564. The molecule has 3 rings (SSSR count). The van der Waals surface area contributed by atoms with E-state index in [-0.39, 0.29) is 5.91 Å². The molecule has 3 aliphatic rings. The summed E-state index contributed by atoms with van der Waals surface area (Å²) in [5.74, 6) is 0.187. The maximum atomic E-state index is 11.8. The fraction of sp³-hybridized carbons (Fsp3) is 0.700. The molecule has 2 bridgehead atoms. The third kappa shape index (κ3) is 1.27. The van der Waals surface area contributed by atoms with Gasteiger partial charge in [-0.2, -0.15) is 0 Å². The first-order valence-electron chi connectivity index (χ1n) is 4.77. The summed E-state index contributed by atoms with van der Waals surface area (Å²) >= 11 is 0. The SMILES string of the molecule is CC=C(C)C(=O)N1C2COCC1C2. The molecule has 0 aromatic heterocycles. The minimum atomic E-state index is 0.187. The van der Waals surface area contributed by atoms with Crippen molar-refractivity contribution in [1.82, 2.24) is 4.90 Å². The molecule has 2 unspecified atom stereocenters. The molecule has 3 heterocycles. The predicted molar refractivity (Wildman–Crippen MR) is 49.3 cm³/mol. The van der Waals surface area contributed by atoms with Gasteiger partial charge in [0.15, 0.2) is 0 Å². The number of allylic oxidation sites excluding steroid dienone is 1. The van der Waals surface area contributed by atoms with Gasteiger partial charge in [0, 0.05) is 5.57 Å². The summed E-state index contributed by atoms with van der Waals surface area (Å²) in [7, 11) is 0. The molecule has 0 aliphatic carbocycles. The highest BCUT2D eigenvalue weighted by atomic mass is 16.5. The van der Waals surface area contributed by atoms with Crippen LogP contribution in [0.15, 0.2) is 11.6 Å². The van der Waals surface area contributed by atoms with E-state index in [1.165, 1.54) is 0 Å². The van der Waals surface area contributed by atoms with Crippen molar-refractivity contribution in [2.24, 2.45) is 0 Å². The minimum Gasteiger partial charge on any atom is -0.377 e. The largest absolute Gasteiger partial charge is 0.377 e. The van der Waals surface area contributed by atoms with Crippen molar-refractivity contribution in [2.45, 2.75) is 32.4 Å². The number of hydrogen-bond acceptors (Lipinski definition) is 2. The molecule has 2 atom stereocenters. The number of nitrogens with zero attached hydrogens (tertiary/aromatic N) is 1. The molecule has 13 heavy (non-hydrogen) atoms. The molecule has 3 heteroatoms. The van der Waals surface area contributed by atoms with Crippen LogP contribution in [0.1, 0.15) is 20.3 Å². The Morgan fingerprint density at radius 3 is 2.54 bits per heavy atom. The second-order valence-electron chi connectivity index (χ2n) is 3.76. The van der Waals surface area contributed by atoms with E-state index < -0.39 is 0 Å². The van der Waals surface area contributed by atoms with Crippen molar-refractivity contribution < 1.29 is 9.53 Å². The maximum absolute atomic E-state index is 11.8. The van der Waals surface area contributed by atoms with Gasteiger partial charge >= 0.3 is 0 Å². The molecule has 1 amide bonds. The second kappa shape index (κ2) is 3.14. The van der Waals surface area contributed by atoms with E-state index >= 15 is 0 Å². The number of amides is 1. The monoisotopic (exact) mass is 181 g/mol. The van der Waals surface area contributed by atoms with Crippen LogP contribution in [0.4, 0.5) is 0 Å². The number of morpholine rings is 1. The first kappa shape index (κ1) is 8.75. The summed E-state index contributed by atoms with van der Waals surface area (Å²) in [6.07, 6.45) is 3.00. The minimum absolute atomic E-state index is 0.187. The van der Waals surface area contributed by atoms with Gasteiger partial charge in [-0.15, -0.1) is 0 Å². The van der Waals surface area contributed by atoms with E-state index in [9.17, 15) is 4.79 Å². The van der Waals surface area contributed by atoms with Crippen molar-refractivity contribution >= 4 is 5.91 Å². The lowest BCUT2D eigenvalue weighted by Crippen LogP contribution is -2.65. The van der Waals surface area contributed by atoms with Gasteiger partial charge in [-0.1, -0.05) is 6.08 Å². The van der Waals surface area contributed by atoms with Crippen LogP contribution in [-0.2, 0) is 9.53 Å². The average molecular weight is 181 g/mol. The lowest BCUT2D eigenvalue weighted by molar-refractivity contribution is -0.163. The summed E-state index contributed by atoms with van der Waals surface area (Å²) in [4.78, 5) is 13.7. The molecule has 3 aliphatic heterocycles. The zero-order chi connectivity index (χ0) is 9.42. The van der Waals surface area contributed by atoms with Gasteiger partial charge in [-0.3, -0.25) is 4.79 Å². The summed E-state index contributed by atoms with van der Waals surface area (Å²) in [5.41, 5.74) is 0.844. The average Bonchev–Trinajstić information content (AvgIpc) is 2.17. The van der Waals surface area contributed by atoms with Gasteiger partial charge in [0.1, 0.15) is 0 Å².